The van der Waals surface area contributed by atoms with Crippen LogP contribution in [0.2, 0.25) is 5.02 Å². The fourth-order valence-corrected chi connectivity index (χ4v) is 4.62. The van der Waals surface area contributed by atoms with E-state index in [0.717, 1.165) is 16.1 Å². The van der Waals surface area contributed by atoms with E-state index >= 15 is 0 Å². The van der Waals surface area contributed by atoms with Crippen LogP contribution in [0.5, 0.6) is 0 Å². The number of rotatable bonds is 4. The maximum absolute atomic E-state index is 13.6. The van der Waals surface area contributed by atoms with Gasteiger partial charge in [0.2, 0.25) is 5.91 Å². The van der Waals surface area contributed by atoms with Crippen molar-refractivity contribution in [3.8, 4) is 10.6 Å². The molecule has 4 rings (SSSR count). The van der Waals surface area contributed by atoms with Crippen molar-refractivity contribution >= 4 is 34.8 Å². The molecule has 1 atom stereocenters. The Labute approximate surface area is 190 Å². The zero-order valence-electron chi connectivity index (χ0n) is 18.0. The van der Waals surface area contributed by atoms with Gasteiger partial charge in [0.1, 0.15) is 16.9 Å². The maximum Gasteiger partial charge on any atom is 0.273 e. The molecule has 0 spiro atoms. The van der Waals surface area contributed by atoms with Crippen molar-refractivity contribution in [3.05, 3.63) is 64.1 Å². The Bertz CT molecular complexity index is 1130. The molecule has 31 heavy (non-hydrogen) atoms. The van der Waals surface area contributed by atoms with Crippen molar-refractivity contribution < 1.29 is 9.59 Å². The molecule has 0 radical (unpaired) electrons. The van der Waals surface area contributed by atoms with Gasteiger partial charge in [0.15, 0.2) is 0 Å². The largest absolute Gasteiger partial charge is 0.349 e. The molecule has 6 nitrogen and oxygen atoms in total. The van der Waals surface area contributed by atoms with E-state index in [2.05, 4.69) is 10.4 Å². The minimum atomic E-state index is -1.11. The number of nitrogens with zero attached hydrogens (tertiary/aromatic N) is 3. The van der Waals surface area contributed by atoms with Gasteiger partial charge >= 0.3 is 0 Å². The first-order chi connectivity index (χ1) is 14.6. The van der Waals surface area contributed by atoms with Crippen LogP contribution in [0.15, 0.2) is 47.8 Å². The SMILES string of the molecule is CC(C)(C)NC(=O)C1(C)Cn2nc(-c3cccs3)cc2C(=O)N1Cc1cccc(Cl)c1. The average Bonchev–Trinajstić information content (AvgIpc) is 3.33. The number of hydrogen-bond acceptors (Lipinski definition) is 4. The quantitative estimate of drug-likeness (QED) is 0.624. The van der Waals surface area contributed by atoms with Crippen molar-refractivity contribution in [1.82, 2.24) is 20.0 Å². The van der Waals surface area contributed by atoms with Gasteiger partial charge in [0, 0.05) is 17.1 Å². The zero-order valence-corrected chi connectivity index (χ0v) is 19.5. The number of aromatic nitrogens is 2. The molecule has 1 aromatic carbocycles. The summed E-state index contributed by atoms with van der Waals surface area (Å²) in [4.78, 5) is 29.7. The zero-order chi connectivity index (χ0) is 22.4. The molecule has 1 N–H and O–H groups in total. The standard InChI is InChI=1S/C23H25ClN4O2S/c1-22(2,3)25-21(30)23(4)14-28-18(12-17(26-28)19-9-6-10-31-19)20(29)27(23)13-15-7-5-8-16(24)11-15/h5-12H,13-14H2,1-4H3,(H,25,30). The Kier molecular flexibility index (Phi) is 5.43. The first-order valence-corrected chi connectivity index (χ1v) is 11.3. The smallest absolute Gasteiger partial charge is 0.273 e. The van der Waals surface area contributed by atoms with Gasteiger partial charge in [0.25, 0.3) is 5.91 Å². The summed E-state index contributed by atoms with van der Waals surface area (Å²) in [5.74, 6) is -0.442. The van der Waals surface area contributed by atoms with Gasteiger partial charge in [0.05, 0.1) is 11.4 Å². The van der Waals surface area contributed by atoms with Gasteiger partial charge < -0.3 is 10.2 Å². The van der Waals surface area contributed by atoms with Crippen LogP contribution < -0.4 is 5.32 Å². The summed E-state index contributed by atoms with van der Waals surface area (Å²) in [5.41, 5.74) is 0.533. The Morgan fingerprint density at radius 2 is 2.03 bits per heavy atom. The first kappa shape index (κ1) is 21.6. The molecule has 0 fully saturated rings. The lowest BCUT2D eigenvalue weighted by atomic mass is 9.92. The summed E-state index contributed by atoms with van der Waals surface area (Å²) in [7, 11) is 0. The molecule has 0 saturated carbocycles. The minimum Gasteiger partial charge on any atom is -0.349 e. The van der Waals surface area contributed by atoms with Gasteiger partial charge in [-0.25, -0.2) is 0 Å². The van der Waals surface area contributed by atoms with Crippen LogP contribution in [0.25, 0.3) is 10.6 Å². The molecule has 0 aliphatic carbocycles. The lowest BCUT2D eigenvalue weighted by molar-refractivity contribution is -0.135. The van der Waals surface area contributed by atoms with Crippen LogP contribution in [0.3, 0.4) is 0 Å². The molecular weight excluding hydrogens is 432 g/mol. The van der Waals surface area contributed by atoms with Crippen LogP contribution in [-0.4, -0.2) is 37.6 Å². The van der Waals surface area contributed by atoms with Crippen molar-refractivity contribution in [2.24, 2.45) is 0 Å². The van der Waals surface area contributed by atoms with Crippen LogP contribution in [0, 0.1) is 0 Å². The third-order valence-electron chi connectivity index (χ3n) is 5.28. The number of carbonyl (C=O) groups is 2. The summed E-state index contributed by atoms with van der Waals surface area (Å²) in [6.07, 6.45) is 0. The second-order valence-electron chi connectivity index (χ2n) is 9.05. The van der Waals surface area contributed by atoms with Gasteiger partial charge in [-0.1, -0.05) is 29.8 Å². The van der Waals surface area contributed by atoms with E-state index < -0.39 is 11.1 Å². The Morgan fingerprint density at radius 3 is 2.68 bits per heavy atom. The van der Waals surface area contributed by atoms with Gasteiger partial charge in [-0.15, -0.1) is 11.3 Å². The summed E-state index contributed by atoms with van der Waals surface area (Å²) in [5, 5.41) is 10.3. The van der Waals surface area contributed by atoms with E-state index in [4.69, 9.17) is 11.6 Å². The molecule has 1 aliphatic rings. The Hall–Kier alpha value is -2.64. The Balaban J connectivity index is 1.77. The third kappa shape index (κ3) is 4.25. The number of amides is 2. The van der Waals surface area contributed by atoms with Crippen LogP contribution in [-0.2, 0) is 17.9 Å². The fraction of sp³-hybridized carbons (Fsp3) is 0.348. The van der Waals surface area contributed by atoms with Crippen molar-refractivity contribution in [2.45, 2.75) is 51.9 Å². The fourth-order valence-electron chi connectivity index (χ4n) is 3.73. The number of halogens is 1. The molecule has 8 heteroatoms. The number of fused-ring (bicyclic) bond motifs is 1. The van der Waals surface area contributed by atoms with E-state index in [1.165, 1.54) is 0 Å². The van der Waals surface area contributed by atoms with Crippen molar-refractivity contribution in [2.75, 3.05) is 0 Å². The highest BCUT2D eigenvalue weighted by Crippen LogP contribution is 2.33. The second-order valence-corrected chi connectivity index (χ2v) is 10.4. The molecular formula is C23H25ClN4O2S. The van der Waals surface area contributed by atoms with Crippen LogP contribution in [0.1, 0.15) is 43.7 Å². The average molecular weight is 457 g/mol. The van der Waals surface area contributed by atoms with Crippen LogP contribution in [0.4, 0.5) is 0 Å². The first-order valence-electron chi connectivity index (χ1n) is 10.1. The number of nitrogens with one attached hydrogen (secondary N) is 1. The lowest BCUT2D eigenvalue weighted by Gasteiger charge is -2.44. The van der Waals surface area contributed by atoms with E-state index in [-0.39, 0.29) is 24.9 Å². The monoisotopic (exact) mass is 456 g/mol. The number of carbonyl (C=O) groups excluding carboxylic acids is 2. The molecule has 1 unspecified atom stereocenters. The van der Waals surface area contributed by atoms with Gasteiger partial charge in [-0.2, -0.15) is 5.10 Å². The predicted molar refractivity (Wildman–Crippen MR) is 123 cm³/mol. The summed E-state index contributed by atoms with van der Waals surface area (Å²) < 4.78 is 1.66. The summed E-state index contributed by atoms with van der Waals surface area (Å²) in [6, 6.07) is 13.1. The van der Waals surface area contributed by atoms with Gasteiger partial charge in [-0.05, 0) is 62.9 Å². The highest BCUT2D eigenvalue weighted by Gasteiger charge is 2.48. The van der Waals surface area contributed by atoms with Gasteiger partial charge in [-0.3, -0.25) is 14.3 Å². The topological polar surface area (TPSA) is 67.2 Å². The molecule has 1 aliphatic heterocycles. The normalized spacial score (nSPS) is 18.7. The molecule has 0 bridgehead atoms. The third-order valence-corrected chi connectivity index (χ3v) is 6.41. The molecule has 162 valence electrons. The maximum atomic E-state index is 13.6. The predicted octanol–water partition coefficient (Wildman–Crippen LogP) is 4.59. The number of thiophene rings is 1. The van der Waals surface area contributed by atoms with E-state index in [0.29, 0.717) is 10.7 Å². The van der Waals surface area contributed by atoms with Crippen molar-refractivity contribution in [1.29, 1.82) is 0 Å². The molecule has 3 aromatic rings. The lowest BCUT2D eigenvalue weighted by Crippen LogP contribution is -2.65. The molecule has 2 amide bonds. The second kappa shape index (κ2) is 7.80. The van der Waals surface area contributed by atoms with E-state index in [1.54, 1.807) is 40.0 Å². The summed E-state index contributed by atoms with van der Waals surface area (Å²) >= 11 is 7.73. The molecule has 2 aromatic heterocycles. The summed E-state index contributed by atoms with van der Waals surface area (Å²) in [6.45, 7) is 8.11. The minimum absolute atomic E-state index is 0.214. The van der Waals surface area contributed by atoms with E-state index in [1.807, 2.05) is 56.5 Å². The Morgan fingerprint density at radius 1 is 1.26 bits per heavy atom. The number of benzene rings is 1. The van der Waals surface area contributed by atoms with E-state index in [9.17, 15) is 9.59 Å². The highest BCUT2D eigenvalue weighted by molar-refractivity contribution is 7.13. The molecule has 0 saturated heterocycles. The van der Waals surface area contributed by atoms with Crippen LogP contribution >= 0.6 is 22.9 Å². The number of hydrogen-bond donors (Lipinski definition) is 1. The highest BCUT2D eigenvalue weighted by atomic mass is 35.5. The van der Waals surface area contributed by atoms with Crippen molar-refractivity contribution in [3.63, 3.8) is 0 Å². The molecule has 3 heterocycles.